The van der Waals surface area contributed by atoms with Crippen molar-refractivity contribution in [1.29, 1.82) is 0 Å². The van der Waals surface area contributed by atoms with Crippen molar-refractivity contribution >= 4 is 11.8 Å². The highest BCUT2D eigenvalue weighted by molar-refractivity contribution is 6.12. The molecule has 33 heavy (non-hydrogen) atoms. The zero-order valence-corrected chi connectivity index (χ0v) is 20.2. The van der Waals surface area contributed by atoms with Gasteiger partial charge in [0, 0.05) is 12.0 Å². The Morgan fingerprint density at radius 3 is 1.82 bits per heavy atom. The Hall–Kier alpha value is -2.62. The fourth-order valence-corrected chi connectivity index (χ4v) is 4.03. The summed E-state index contributed by atoms with van der Waals surface area (Å²) in [4.78, 5) is 25.1. The lowest BCUT2D eigenvalue weighted by molar-refractivity contribution is -0.134. The SMILES string of the molecule is CCCCCCCCCCCCCCCC(=O)Oc1cccc(O)c1C(=O)c1ccccc1. The lowest BCUT2D eigenvalue weighted by Crippen LogP contribution is -2.12. The molecule has 0 aliphatic carbocycles. The summed E-state index contributed by atoms with van der Waals surface area (Å²) in [6.45, 7) is 2.25. The monoisotopic (exact) mass is 452 g/mol. The average Bonchev–Trinajstić information content (AvgIpc) is 2.82. The number of hydrogen-bond acceptors (Lipinski definition) is 4. The molecule has 2 rings (SSSR count). The maximum atomic E-state index is 12.8. The first-order chi connectivity index (χ1) is 16.1. The fourth-order valence-electron chi connectivity index (χ4n) is 4.03. The number of aromatic hydroxyl groups is 1. The van der Waals surface area contributed by atoms with Crippen LogP contribution in [0.5, 0.6) is 11.5 Å². The topological polar surface area (TPSA) is 63.6 Å². The Bertz CT molecular complexity index is 829. The Labute approximate surface area is 199 Å². The molecular weight excluding hydrogens is 412 g/mol. The third-order valence-corrected chi connectivity index (χ3v) is 5.98. The summed E-state index contributed by atoms with van der Waals surface area (Å²) in [7, 11) is 0. The fraction of sp³-hybridized carbons (Fsp3) is 0.517. The molecule has 1 N–H and O–H groups in total. The number of unbranched alkanes of at least 4 members (excludes halogenated alkanes) is 12. The molecule has 2 aromatic carbocycles. The highest BCUT2D eigenvalue weighted by Gasteiger charge is 2.20. The van der Waals surface area contributed by atoms with Crippen LogP contribution in [0.1, 0.15) is 113 Å². The summed E-state index contributed by atoms with van der Waals surface area (Å²) in [5, 5.41) is 10.2. The van der Waals surface area contributed by atoms with Gasteiger partial charge in [0.05, 0.1) is 0 Å². The first-order valence-electron chi connectivity index (χ1n) is 12.8. The Balaban J connectivity index is 1.64. The van der Waals surface area contributed by atoms with Crippen LogP contribution in [0.2, 0.25) is 0 Å². The Morgan fingerprint density at radius 1 is 0.697 bits per heavy atom. The summed E-state index contributed by atoms with van der Waals surface area (Å²) in [5.74, 6) is -0.804. The maximum Gasteiger partial charge on any atom is 0.311 e. The summed E-state index contributed by atoms with van der Waals surface area (Å²) in [5.41, 5.74) is 0.468. The third-order valence-electron chi connectivity index (χ3n) is 5.98. The number of benzene rings is 2. The van der Waals surface area contributed by atoms with Crippen LogP contribution in [0.3, 0.4) is 0 Å². The first-order valence-corrected chi connectivity index (χ1v) is 12.8. The Kier molecular flexibility index (Phi) is 13.0. The van der Waals surface area contributed by atoms with Gasteiger partial charge in [-0.1, -0.05) is 120 Å². The summed E-state index contributed by atoms with van der Waals surface area (Å²) in [6, 6.07) is 13.2. The van der Waals surface area contributed by atoms with E-state index in [1.54, 1.807) is 36.4 Å². The van der Waals surface area contributed by atoms with E-state index in [2.05, 4.69) is 6.92 Å². The third kappa shape index (κ3) is 10.2. The van der Waals surface area contributed by atoms with Crippen LogP contribution < -0.4 is 4.74 Å². The summed E-state index contributed by atoms with van der Waals surface area (Å²) >= 11 is 0. The molecule has 0 amide bonds. The van der Waals surface area contributed by atoms with Crippen molar-refractivity contribution in [3.05, 3.63) is 59.7 Å². The molecule has 0 saturated carbocycles. The van der Waals surface area contributed by atoms with Crippen molar-refractivity contribution in [3.8, 4) is 11.5 Å². The zero-order chi connectivity index (χ0) is 23.7. The van der Waals surface area contributed by atoms with E-state index in [9.17, 15) is 14.7 Å². The summed E-state index contributed by atoms with van der Waals surface area (Å²) in [6.07, 6.45) is 16.5. The van der Waals surface area contributed by atoms with E-state index in [4.69, 9.17) is 4.74 Å². The van der Waals surface area contributed by atoms with Crippen molar-refractivity contribution < 1.29 is 19.4 Å². The van der Waals surface area contributed by atoms with Gasteiger partial charge in [-0.2, -0.15) is 0 Å². The highest BCUT2D eigenvalue weighted by atomic mass is 16.5. The number of ether oxygens (including phenoxy) is 1. The molecule has 0 aromatic heterocycles. The maximum absolute atomic E-state index is 12.8. The van der Waals surface area contributed by atoms with Gasteiger partial charge in [-0.3, -0.25) is 9.59 Å². The molecule has 4 heteroatoms. The minimum absolute atomic E-state index is 0.0300. The standard InChI is InChI=1S/C29H40O4/c1-2-3-4-5-6-7-8-9-10-11-12-13-17-23-27(31)33-26-22-18-21-25(30)28(26)29(32)24-19-15-14-16-20-24/h14-16,18-22,30H,2-13,17,23H2,1H3. The van der Waals surface area contributed by atoms with E-state index in [0.717, 1.165) is 19.3 Å². The van der Waals surface area contributed by atoms with Crippen molar-refractivity contribution in [3.63, 3.8) is 0 Å². The van der Waals surface area contributed by atoms with Gasteiger partial charge in [0.2, 0.25) is 5.78 Å². The van der Waals surface area contributed by atoms with E-state index in [-0.39, 0.29) is 28.8 Å². The van der Waals surface area contributed by atoms with Crippen LogP contribution in [-0.4, -0.2) is 16.9 Å². The normalized spacial score (nSPS) is 10.8. The van der Waals surface area contributed by atoms with Crippen LogP contribution in [0.15, 0.2) is 48.5 Å². The van der Waals surface area contributed by atoms with Gasteiger partial charge in [0.25, 0.3) is 0 Å². The molecule has 2 aromatic rings. The van der Waals surface area contributed by atoms with Crippen LogP contribution in [0.4, 0.5) is 0 Å². The van der Waals surface area contributed by atoms with Gasteiger partial charge in [-0.05, 0) is 18.6 Å². The number of phenols is 1. The largest absolute Gasteiger partial charge is 0.507 e. The molecule has 0 aliphatic heterocycles. The second-order valence-electron chi connectivity index (χ2n) is 8.81. The number of esters is 1. The smallest absolute Gasteiger partial charge is 0.311 e. The average molecular weight is 453 g/mol. The van der Waals surface area contributed by atoms with E-state index in [0.29, 0.717) is 12.0 Å². The molecule has 4 nitrogen and oxygen atoms in total. The van der Waals surface area contributed by atoms with Crippen LogP contribution in [0.25, 0.3) is 0 Å². The predicted octanol–water partition coefficient (Wildman–Crippen LogP) is 8.01. The minimum Gasteiger partial charge on any atom is -0.507 e. The molecule has 0 fully saturated rings. The van der Waals surface area contributed by atoms with Gasteiger partial charge in [0.15, 0.2) is 0 Å². The molecular formula is C29H40O4. The second-order valence-corrected chi connectivity index (χ2v) is 8.81. The number of carbonyl (C=O) groups is 2. The van der Waals surface area contributed by atoms with E-state index < -0.39 is 0 Å². The molecule has 180 valence electrons. The number of carbonyl (C=O) groups excluding carboxylic acids is 2. The van der Waals surface area contributed by atoms with Crippen LogP contribution in [0, 0.1) is 0 Å². The van der Waals surface area contributed by atoms with Gasteiger partial charge in [-0.15, -0.1) is 0 Å². The van der Waals surface area contributed by atoms with Crippen molar-refractivity contribution in [2.75, 3.05) is 0 Å². The molecule has 0 saturated heterocycles. The lowest BCUT2D eigenvalue weighted by atomic mass is 10.0. The number of ketones is 1. The van der Waals surface area contributed by atoms with Crippen LogP contribution in [-0.2, 0) is 4.79 Å². The van der Waals surface area contributed by atoms with E-state index in [1.807, 2.05) is 6.07 Å². The molecule has 0 aliphatic rings. The quantitative estimate of drug-likeness (QED) is 0.114. The number of phenolic OH excluding ortho intramolecular Hbond substituents is 1. The van der Waals surface area contributed by atoms with Crippen molar-refractivity contribution in [1.82, 2.24) is 0 Å². The highest BCUT2D eigenvalue weighted by Crippen LogP contribution is 2.30. The van der Waals surface area contributed by atoms with Crippen molar-refractivity contribution in [2.45, 2.75) is 96.8 Å². The molecule has 0 radical (unpaired) electrons. The zero-order valence-electron chi connectivity index (χ0n) is 20.2. The lowest BCUT2D eigenvalue weighted by Gasteiger charge is -2.11. The molecule has 0 bridgehead atoms. The van der Waals surface area contributed by atoms with E-state index in [1.165, 1.54) is 70.3 Å². The minimum atomic E-state index is -0.370. The predicted molar refractivity (Wildman–Crippen MR) is 134 cm³/mol. The number of rotatable bonds is 17. The van der Waals surface area contributed by atoms with Gasteiger partial charge in [0.1, 0.15) is 17.1 Å². The Morgan fingerprint density at radius 2 is 1.24 bits per heavy atom. The van der Waals surface area contributed by atoms with Gasteiger partial charge in [-0.25, -0.2) is 0 Å². The van der Waals surface area contributed by atoms with Gasteiger partial charge < -0.3 is 9.84 Å². The second kappa shape index (κ2) is 16.1. The molecule has 0 atom stereocenters. The van der Waals surface area contributed by atoms with Crippen LogP contribution >= 0.6 is 0 Å². The molecule has 0 spiro atoms. The first kappa shape index (κ1) is 26.6. The van der Waals surface area contributed by atoms with Gasteiger partial charge >= 0.3 is 5.97 Å². The molecule has 0 unspecified atom stereocenters. The molecule has 0 heterocycles. The van der Waals surface area contributed by atoms with Crippen molar-refractivity contribution in [2.24, 2.45) is 0 Å². The number of hydrogen-bond donors (Lipinski definition) is 1. The van der Waals surface area contributed by atoms with E-state index >= 15 is 0 Å². The summed E-state index contributed by atoms with van der Waals surface area (Å²) < 4.78 is 5.46.